The lowest BCUT2D eigenvalue weighted by Gasteiger charge is -2.09. The van der Waals surface area contributed by atoms with Crippen LogP contribution in [0.3, 0.4) is 0 Å². The molecule has 0 saturated carbocycles. The number of aryl methyl sites for hydroxylation is 1. The number of pyridine rings is 1. The molecule has 0 N–H and O–H groups in total. The Morgan fingerprint density at radius 1 is 1.18 bits per heavy atom. The van der Waals surface area contributed by atoms with Crippen molar-refractivity contribution in [2.75, 3.05) is 14.2 Å². The van der Waals surface area contributed by atoms with Crippen molar-refractivity contribution < 1.29 is 14.3 Å². The molecule has 0 bridgehead atoms. The molecule has 1 aromatic carbocycles. The number of aromatic nitrogens is 1. The summed E-state index contributed by atoms with van der Waals surface area (Å²) in [5.41, 5.74) is 1.58. The number of nitriles is 1. The van der Waals surface area contributed by atoms with Crippen LogP contribution in [-0.2, 0) is 0 Å². The molecule has 0 aliphatic carbocycles. The van der Waals surface area contributed by atoms with Crippen LogP contribution in [0, 0.1) is 18.3 Å². The highest BCUT2D eigenvalue weighted by Crippen LogP contribution is 2.31. The van der Waals surface area contributed by atoms with Crippen molar-refractivity contribution in [1.29, 1.82) is 5.26 Å². The minimum Gasteiger partial charge on any atom is -0.493 e. The summed E-state index contributed by atoms with van der Waals surface area (Å²) in [5, 5.41) is 9.28. The monoisotopic (exact) mass is 314 g/mol. The molecule has 6 heteroatoms. The minimum atomic E-state index is -0.212. The lowest BCUT2D eigenvalue weighted by Crippen LogP contribution is -1.99. The molecule has 2 rings (SSSR count). The number of nitrogens with zero attached hydrogens (tertiary/aromatic N) is 2. The summed E-state index contributed by atoms with van der Waals surface area (Å²) < 4.78 is 10.3. The fourth-order valence-corrected chi connectivity index (χ4v) is 2.64. The van der Waals surface area contributed by atoms with Gasteiger partial charge < -0.3 is 9.47 Å². The van der Waals surface area contributed by atoms with E-state index in [-0.39, 0.29) is 5.12 Å². The molecular weight excluding hydrogens is 300 g/mol. The molecule has 0 amide bonds. The van der Waals surface area contributed by atoms with Crippen molar-refractivity contribution in [3.05, 3.63) is 47.2 Å². The van der Waals surface area contributed by atoms with Gasteiger partial charge in [-0.3, -0.25) is 4.79 Å². The highest BCUT2D eigenvalue weighted by Gasteiger charge is 2.15. The fourth-order valence-electron chi connectivity index (χ4n) is 1.81. The van der Waals surface area contributed by atoms with Crippen molar-refractivity contribution >= 4 is 16.9 Å². The van der Waals surface area contributed by atoms with Crippen LogP contribution in [0.2, 0.25) is 0 Å². The maximum absolute atomic E-state index is 12.4. The first kappa shape index (κ1) is 15.9. The zero-order chi connectivity index (χ0) is 16.1. The van der Waals surface area contributed by atoms with Crippen molar-refractivity contribution in [2.24, 2.45) is 0 Å². The van der Waals surface area contributed by atoms with E-state index in [1.165, 1.54) is 14.2 Å². The van der Waals surface area contributed by atoms with E-state index in [4.69, 9.17) is 14.7 Å². The molecule has 0 aliphatic rings. The second-order valence-corrected chi connectivity index (χ2v) is 5.34. The summed E-state index contributed by atoms with van der Waals surface area (Å²) in [6.45, 7) is 1.81. The van der Waals surface area contributed by atoms with Gasteiger partial charge in [0.15, 0.2) is 11.5 Å². The molecule has 22 heavy (non-hydrogen) atoms. The Hall–Kier alpha value is -2.52. The summed E-state index contributed by atoms with van der Waals surface area (Å²) in [6.07, 6.45) is 0. The van der Waals surface area contributed by atoms with E-state index in [1.54, 1.807) is 30.3 Å². The third kappa shape index (κ3) is 3.38. The molecule has 0 atom stereocenters. The predicted molar refractivity (Wildman–Crippen MR) is 83.4 cm³/mol. The molecule has 1 aromatic heterocycles. The zero-order valence-corrected chi connectivity index (χ0v) is 13.2. The van der Waals surface area contributed by atoms with E-state index in [2.05, 4.69) is 4.98 Å². The van der Waals surface area contributed by atoms with Gasteiger partial charge in [0.2, 0.25) is 5.12 Å². The van der Waals surface area contributed by atoms with Gasteiger partial charge in [0.25, 0.3) is 0 Å². The molecular formula is C16H14N2O3S. The van der Waals surface area contributed by atoms with Crippen molar-refractivity contribution in [1.82, 2.24) is 4.98 Å². The quantitative estimate of drug-likeness (QED) is 0.807. The van der Waals surface area contributed by atoms with Crippen molar-refractivity contribution in [3.63, 3.8) is 0 Å². The number of methoxy groups -OCH3 is 2. The number of hydrogen-bond donors (Lipinski definition) is 0. The Bertz CT molecular complexity index is 754. The maximum atomic E-state index is 12.4. The van der Waals surface area contributed by atoms with Crippen LogP contribution < -0.4 is 9.47 Å². The number of thioether (sulfide) groups is 1. The molecule has 0 saturated heterocycles. The average molecular weight is 314 g/mol. The normalized spacial score (nSPS) is 9.91. The van der Waals surface area contributed by atoms with E-state index >= 15 is 0 Å². The predicted octanol–water partition coefficient (Wildman–Crippen LogP) is 3.21. The van der Waals surface area contributed by atoms with Gasteiger partial charge in [0.1, 0.15) is 11.1 Å². The molecule has 0 spiro atoms. The zero-order valence-electron chi connectivity index (χ0n) is 12.4. The van der Waals surface area contributed by atoms with Crippen molar-refractivity contribution in [2.45, 2.75) is 11.9 Å². The van der Waals surface area contributed by atoms with Gasteiger partial charge >= 0.3 is 0 Å². The van der Waals surface area contributed by atoms with E-state index in [0.717, 1.165) is 17.5 Å². The smallest absolute Gasteiger partial charge is 0.225 e. The van der Waals surface area contributed by atoms with Crippen LogP contribution >= 0.6 is 11.8 Å². The topological polar surface area (TPSA) is 72.2 Å². The first-order valence-corrected chi connectivity index (χ1v) is 7.22. The second kappa shape index (κ2) is 6.96. The Kier molecular flexibility index (Phi) is 5.02. The molecule has 0 fully saturated rings. The largest absolute Gasteiger partial charge is 0.493 e. The number of ether oxygens (including phenoxy) is 2. The molecule has 112 valence electrons. The lowest BCUT2D eigenvalue weighted by molar-refractivity contribution is 0.108. The number of carbonyl (C=O) groups is 1. The van der Waals surface area contributed by atoms with Gasteiger partial charge in [-0.05, 0) is 49.0 Å². The fraction of sp³-hybridized carbons (Fsp3) is 0.188. The summed E-state index contributed by atoms with van der Waals surface area (Å²) in [6, 6.07) is 10.4. The van der Waals surface area contributed by atoms with Crippen LogP contribution in [0.1, 0.15) is 21.6 Å². The summed E-state index contributed by atoms with van der Waals surface area (Å²) in [7, 11) is 3.04. The first-order chi connectivity index (χ1) is 10.6. The minimum absolute atomic E-state index is 0.212. The van der Waals surface area contributed by atoms with Gasteiger partial charge in [-0.15, -0.1) is 0 Å². The van der Waals surface area contributed by atoms with E-state index in [0.29, 0.717) is 27.7 Å². The number of rotatable bonds is 4. The lowest BCUT2D eigenvalue weighted by atomic mass is 10.2. The Morgan fingerprint density at radius 3 is 2.55 bits per heavy atom. The summed E-state index contributed by atoms with van der Waals surface area (Å²) in [5.74, 6) is 1.03. The molecule has 1 heterocycles. The van der Waals surface area contributed by atoms with Gasteiger partial charge in [-0.1, -0.05) is 0 Å². The van der Waals surface area contributed by atoms with Crippen LogP contribution in [0.5, 0.6) is 11.5 Å². The Morgan fingerprint density at radius 2 is 1.91 bits per heavy atom. The Labute approximate surface area is 132 Å². The highest BCUT2D eigenvalue weighted by molar-refractivity contribution is 8.14. The standard InChI is InChI=1S/C16H14N2O3S/c1-10-4-5-12(9-17)15(18-10)22-16(19)11-6-7-13(20-2)14(8-11)21-3/h4-8H,1-3H3. The molecule has 0 radical (unpaired) electrons. The van der Waals surface area contributed by atoms with Crippen LogP contribution in [0.4, 0.5) is 0 Å². The van der Waals surface area contributed by atoms with E-state index in [1.807, 2.05) is 13.0 Å². The molecule has 0 unspecified atom stereocenters. The van der Waals surface area contributed by atoms with Gasteiger partial charge in [-0.25, -0.2) is 4.98 Å². The first-order valence-electron chi connectivity index (χ1n) is 6.41. The summed E-state index contributed by atoms with van der Waals surface area (Å²) >= 11 is 0.926. The van der Waals surface area contributed by atoms with Gasteiger partial charge in [-0.2, -0.15) is 5.26 Å². The van der Waals surface area contributed by atoms with Crippen LogP contribution in [-0.4, -0.2) is 24.3 Å². The number of hydrogen-bond acceptors (Lipinski definition) is 6. The summed E-state index contributed by atoms with van der Waals surface area (Å²) in [4.78, 5) is 16.6. The van der Waals surface area contributed by atoms with Gasteiger partial charge in [0.05, 0.1) is 19.8 Å². The van der Waals surface area contributed by atoms with E-state index in [9.17, 15) is 4.79 Å². The third-order valence-corrected chi connectivity index (χ3v) is 3.85. The van der Waals surface area contributed by atoms with E-state index < -0.39 is 0 Å². The van der Waals surface area contributed by atoms with Crippen molar-refractivity contribution in [3.8, 4) is 17.6 Å². The highest BCUT2D eigenvalue weighted by atomic mass is 32.2. The second-order valence-electron chi connectivity index (χ2n) is 4.38. The van der Waals surface area contributed by atoms with Gasteiger partial charge in [0, 0.05) is 11.3 Å². The molecule has 5 nitrogen and oxygen atoms in total. The molecule has 2 aromatic rings. The van der Waals surface area contributed by atoms with Crippen LogP contribution in [0.15, 0.2) is 35.4 Å². The number of carbonyl (C=O) groups excluding carboxylic acids is 1. The number of benzene rings is 1. The SMILES string of the molecule is COc1ccc(C(=O)Sc2nc(C)ccc2C#N)cc1OC. The Balaban J connectivity index is 2.30. The maximum Gasteiger partial charge on any atom is 0.225 e. The van der Waals surface area contributed by atoms with Crippen LogP contribution in [0.25, 0.3) is 0 Å². The molecule has 0 aliphatic heterocycles. The third-order valence-electron chi connectivity index (χ3n) is 2.93. The average Bonchev–Trinajstić information content (AvgIpc) is 2.54.